The minimum atomic E-state index is -1.90. The van der Waals surface area contributed by atoms with Crippen LogP contribution >= 0.6 is 0 Å². The van der Waals surface area contributed by atoms with Gasteiger partial charge in [-0.1, -0.05) is 19.6 Å². The molecule has 0 aliphatic rings. The first-order valence-corrected chi connectivity index (χ1v) is 12.1. The highest BCUT2D eigenvalue weighted by atomic mass is 29.3. The second-order valence-corrected chi connectivity index (χ2v) is 19.4. The van der Waals surface area contributed by atoms with E-state index >= 15 is 0 Å². The van der Waals surface area contributed by atoms with Crippen molar-refractivity contribution in [1.29, 1.82) is 0 Å². The molecule has 0 atom stereocenters. The smallest absolute Gasteiger partial charge is 0.315 e. The summed E-state index contributed by atoms with van der Waals surface area (Å²) in [4.78, 5) is 2.22. The molecule has 0 spiro atoms. The summed E-state index contributed by atoms with van der Waals surface area (Å²) in [6, 6.07) is 1.12. The van der Waals surface area contributed by atoms with Crippen LogP contribution in [0.25, 0.3) is 0 Å². The molecule has 0 aliphatic carbocycles. The monoisotopic (exact) mass is 249 g/mol. The molecule has 0 heterocycles. The Hall–Kier alpha value is 0.314. The topological polar surface area (TPSA) is 21.7 Å². The molecular weight excluding hydrogens is 222 g/mol. The van der Waals surface area contributed by atoms with Crippen LogP contribution in [0.2, 0.25) is 25.7 Å². The van der Waals surface area contributed by atoms with Gasteiger partial charge in [-0.25, -0.2) is 0 Å². The van der Waals surface area contributed by atoms with E-state index in [0.29, 0.717) is 0 Å². The van der Waals surface area contributed by atoms with Crippen LogP contribution in [0.1, 0.15) is 6.42 Å². The third-order valence-electron chi connectivity index (χ3n) is 2.91. The molecule has 0 bridgehead atoms. The van der Waals surface area contributed by atoms with E-state index < -0.39 is 15.7 Å². The lowest BCUT2D eigenvalue weighted by Crippen LogP contribution is -2.61. The molecule has 0 rings (SSSR count). The Bertz CT molecular complexity index is 177. The number of nitrogens with zero attached hydrogens (tertiary/aromatic N) is 1. The molecule has 0 fully saturated rings. The maximum absolute atomic E-state index is 5.79. The van der Waals surface area contributed by atoms with Gasteiger partial charge >= 0.3 is 8.08 Å². The zero-order valence-electron chi connectivity index (χ0n) is 11.4. The fourth-order valence-electron chi connectivity index (χ4n) is 1.90. The Morgan fingerprint density at radius 3 is 1.73 bits per heavy atom. The first-order chi connectivity index (χ1) is 6.79. The predicted octanol–water partition coefficient (Wildman–Crippen LogP) is 2.09. The normalized spacial score (nSPS) is 13.6. The van der Waals surface area contributed by atoms with Gasteiger partial charge in [-0.05, 0) is 33.1 Å². The molecule has 0 N–H and O–H groups in total. The van der Waals surface area contributed by atoms with Crippen LogP contribution in [0.4, 0.5) is 0 Å². The average Bonchev–Trinajstić information content (AvgIpc) is 2.10. The highest BCUT2D eigenvalue weighted by Crippen LogP contribution is 2.26. The van der Waals surface area contributed by atoms with Crippen molar-refractivity contribution in [2.75, 3.05) is 34.9 Å². The number of hydrogen-bond donors (Lipinski definition) is 0. The summed E-state index contributed by atoms with van der Waals surface area (Å²) in [6.45, 7) is 8.16. The minimum Gasteiger partial charge on any atom is -0.400 e. The molecule has 92 valence electrons. The van der Waals surface area contributed by atoms with Gasteiger partial charge in [0, 0.05) is 14.2 Å². The second-order valence-electron chi connectivity index (χ2n) is 5.32. The Labute approximate surface area is 96.8 Å². The third-order valence-corrected chi connectivity index (χ3v) is 16.4. The van der Waals surface area contributed by atoms with Crippen molar-refractivity contribution in [3.05, 3.63) is 0 Å². The maximum atomic E-state index is 5.79. The quantitative estimate of drug-likeness (QED) is 0.645. The maximum Gasteiger partial charge on any atom is 0.315 e. The van der Waals surface area contributed by atoms with Crippen LogP contribution in [-0.2, 0) is 8.85 Å². The zero-order valence-corrected chi connectivity index (χ0v) is 13.4. The van der Waals surface area contributed by atoms with Gasteiger partial charge < -0.3 is 13.8 Å². The van der Waals surface area contributed by atoms with Crippen LogP contribution in [0.15, 0.2) is 0 Å². The molecule has 0 saturated carbocycles. The van der Waals surface area contributed by atoms with E-state index in [9.17, 15) is 0 Å². The SMILES string of the molecule is CO[Si](CCCN(C)C)(OC)[Si](C)(C)C. The van der Waals surface area contributed by atoms with Crippen LogP contribution in [0.5, 0.6) is 0 Å². The Morgan fingerprint density at radius 1 is 1.00 bits per heavy atom. The van der Waals surface area contributed by atoms with E-state index in [0.717, 1.165) is 12.6 Å². The van der Waals surface area contributed by atoms with E-state index in [1.54, 1.807) is 0 Å². The van der Waals surface area contributed by atoms with Crippen molar-refractivity contribution in [2.45, 2.75) is 32.1 Å². The van der Waals surface area contributed by atoms with Gasteiger partial charge in [-0.3, -0.25) is 0 Å². The largest absolute Gasteiger partial charge is 0.400 e. The lowest BCUT2D eigenvalue weighted by Gasteiger charge is -2.38. The summed E-state index contributed by atoms with van der Waals surface area (Å²) in [7, 11) is 4.63. The molecule has 0 amide bonds. The van der Waals surface area contributed by atoms with Gasteiger partial charge in [0.2, 0.25) is 0 Å². The van der Waals surface area contributed by atoms with Crippen LogP contribution in [0, 0.1) is 0 Å². The zero-order chi connectivity index (χ0) is 12.1. The molecular formula is C10H27NO2Si2. The highest BCUT2D eigenvalue weighted by Gasteiger charge is 2.48. The van der Waals surface area contributed by atoms with Crippen LogP contribution in [-0.4, -0.2) is 55.4 Å². The Balaban J connectivity index is 4.39. The lowest BCUT2D eigenvalue weighted by molar-refractivity contribution is 0.258. The van der Waals surface area contributed by atoms with Crippen molar-refractivity contribution >= 4 is 15.7 Å². The van der Waals surface area contributed by atoms with Gasteiger partial charge in [0.25, 0.3) is 0 Å². The van der Waals surface area contributed by atoms with Crippen molar-refractivity contribution in [2.24, 2.45) is 0 Å². The molecule has 0 aromatic carbocycles. The molecule has 3 nitrogen and oxygen atoms in total. The first kappa shape index (κ1) is 15.3. The van der Waals surface area contributed by atoms with Crippen molar-refractivity contribution in [3.8, 4) is 0 Å². The van der Waals surface area contributed by atoms with E-state index in [1.807, 2.05) is 14.2 Å². The van der Waals surface area contributed by atoms with Gasteiger partial charge in [0.05, 0.1) is 0 Å². The fraction of sp³-hybridized carbons (Fsp3) is 1.00. The second kappa shape index (κ2) is 6.15. The number of hydrogen-bond acceptors (Lipinski definition) is 3. The summed E-state index contributed by atoms with van der Waals surface area (Å²) in [5.41, 5.74) is 0. The summed E-state index contributed by atoms with van der Waals surface area (Å²) in [5, 5.41) is 0. The van der Waals surface area contributed by atoms with Gasteiger partial charge in [0.1, 0.15) is 7.59 Å². The Morgan fingerprint density at radius 2 is 1.47 bits per heavy atom. The van der Waals surface area contributed by atoms with Gasteiger partial charge in [-0.15, -0.1) is 0 Å². The van der Waals surface area contributed by atoms with E-state index in [-0.39, 0.29) is 0 Å². The summed E-state index contributed by atoms with van der Waals surface area (Å²) in [6.07, 6.45) is 1.17. The van der Waals surface area contributed by atoms with Gasteiger partial charge in [0.15, 0.2) is 0 Å². The summed E-state index contributed by atoms with van der Waals surface area (Å²) < 4.78 is 11.6. The summed E-state index contributed by atoms with van der Waals surface area (Å²) in [5.74, 6) is 0. The molecule has 0 aromatic heterocycles. The standard InChI is InChI=1S/C10H27NO2Si2/c1-11(2)9-8-10-15(12-3,13-4)14(5,6)7/h8-10H2,1-7H3. The van der Waals surface area contributed by atoms with Crippen molar-refractivity contribution < 1.29 is 8.85 Å². The predicted molar refractivity (Wildman–Crippen MR) is 71.1 cm³/mol. The van der Waals surface area contributed by atoms with Gasteiger partial charge in [-0.2, -0.15) is 0 Å². The first-order valence-electron chi connectivity index (χ1n) is 5.54. The minimum absolute atomic E-state index is 1.12. The molecule has 15 heavy (non-hydrogen) atoms. The van der Waals surface area contributed by atoms with Crippen molar-refractivity contribution in [1.82, 2.24) is 4.90 Å². The third kappa shape index (κ3) is 4.36. The summed E-state index contributed by atoms with van der Waals surface area (Å²) >= 11 is 0. The lowest BCUT2D eigenvalue weighted by atomic mass is 10.5. The highest BCUT2D eigenvalue weighted by molar-refractivity contribution is 7.36. The van der Waals surface area contributed by atoms with Crippen molar-refractivity contribution in [3.63, 3.8) is 0 Å². The average molecular weight is 250 g/mol. The molecule has 0 radical (unpaired) electrons. The van der Waals surface area contributed by atoms with Crippen LogP contribution in [0.3, 0.4) is 0 Å². The van der Waals surface area contributed by atoms with E-state index in [4.69, 9.17) is 8.85 Å². The molecule has 0 aromatic rings. The van der Waals surface area contributed by atoms with E-state index in [2.05, 4.69) is 38.6 Å². The molecule has 5 heteroatoms. The fourth-order valence-corrected chi connectivity index (χ4v) is 11.5. The molecule has 0 aliphatic heterocycles. The molecule has 0 unspecified atom stereocenters. The van der Waals surface area contributed by atoms with E-state index in [1.165, 1.54) is 6.42 Å². The van der Waals surface area contributed by atoms with Crippen LogP contribution < -0.4 is 0 Å². The number of rotatable bonds is 7. The molecule has 0 saturated heterocycles. The Kier molecular flexibility index (Phi) is 6.28.